The number of methoxy groups -OCH3 is 1. The van der Waals surface area contributed by atoms with E-state index in [9.17, 15) is 9.59 Å². The highest BCUT2D eigenvalue weighted by Gasteiger charge is 2.22. The van der Waals surface area contributed by atoms with E-state index < -0.39 is 5.25 Å². The molecule has 0 saturated heterocycles. The first-order chi connectivity index (χ1) is 16.6. The summed E-state index contributed by atoms with van der Waals surface area (Å²) >= 11 is 2.90. The molecule has 0 aliphatic heterocycles. The number of rotatable bonds is 7. The SMILES string of the molecule is COc1cccc(-n2c(=O)c3ccccc3n3c(SC(C)C(=O)NCc4cccs4)nnc23)c1. The average Bonchev–Trinajstić information content (AvgIpc) is 3.53. The van der Waals surface area contributed by atoms with Gasteiger partial charge in [0.15, 0.2) is 5.16 Å². The predicted molar refractivity (Wildman–Crippen MR) is 134 cm³/mol. The van der Waals surface area contributed by atoms with Gasteiger partial charge in [-0.3, -0.25) is 14.0 Å². The first kappa shape index (κ1) is 22.2. The molecule has 0 spiro atoms. The molecule has 172 valence electrons. The number of carbonyl (C=O) groups is 1. The summed E-state index contributed by atoms with van der Waals surface area (Å²) in [5, 5.41) is 14.3. The van der Waals surface area contributed by atoms with E-state index in [0.29, 0.717) is 39.8 Å². The molecule has 0 aliphatic rings. The Morgan fingerprint density at radius 2 is 2.00 bits per heavy atom. The number of para-hydroxylation sites is 1. The normalized spacial score (nSPS) is 12.2. The van der Waals surface area contributed by atoms with E-state index in [1.54, 1.807) is 30.6 Å². The molecule has 3 heterocycles. The van der Waals surface area contributed by atoms with Crippen molar-refractivity contribution in [2.45, 2.75) is 23.9 Å². The standard InChI is InChI=1S/C24H21N5O3S2/c1-15(21(30)25-14-18-9-6-12-33-18)34-24-27-26-23-28(16-7-5-8-17(13-16)32-2)22(31)19-10-3-4-11-20(19)29(23)24/h3-13,15H,14H2,1-2H3,(H,25,30). The summed E-state index contributed by atoms with van der Waals surface area (Å²) in [7, 11) is 1.58. The molecule has 0 fully saturated rings. The molecule has 10 heteroatoms. The van der Waals surface area contributed by atoms with Gasteiger partial charge >= 0.3 is 0 Å². The van der Waals surface area contributed by atoms with Crippen LogP contribution in [0.2, 0.25) is 0 Å². The number of ether oxygens (including phenoxy) is 1. The fraction of sp³-hybridized carbons (Fsp3) is 0.167. The molecule has 0 bridgehead atoms. The molecule has 34 heavy (non-hydrogen) atoms. The summed E-state index contributed by atoms with van der Waals surface area (Å²) in [5.41, 5.74) is 1.09. The predicted octanol–water partition coefficient (Wildman–Crippen LogP) is 3.90. The summed E-state index contributed by atoms with van der Waals surface area (Å²) < 4.78 is 8.68. The van der Waals surface area contributed by atoms with E-state index in [4.69, 9.17) is 4.74 Å². The Hall–Kier alpha value is -3.63. The largest absolute Gasteiger partial charge is 0.497 e. The molecule has 5 rings (SSSR count). The number of thiophene rings is 1. The maximum atomic E-state index is 13.5. The van der Waals surface area contributed by atoms with Crippen LogP contribution in [0.4, 0.5) is 0 Å². The minimum Gasteiger partial charge on any atom is -0.497 e. The number of carbonyl (C=O) groups excluding carboxylic acids is 1. The average molecular weight is 492 g/mol. The zero-order valence-corrected chi connectivity index (χ0v) is 20.1. The lowest BCUT2D eigenvalue weighted by Crippen LogP contribution is -2.30. The highest BCUT2D eigenvalue weighted by Crippen LogP contribution is 2.27. The monoisotopic (exact) mass is 491 g/mol. The van der Waals surface area contributed by atoms with Crippen molar-refractivity contribution >= 4 is 45.7 Å². The van der Waals surface area contributed by atoms with Crippen molar-refractivity contribution in [3.8, 4) is 11.4 Å². The number of hydrogen-bond donors (Lipinski definition) is 1. The van der Waals surface area contributed by atoms with Crippen LogP contribution < -0.4 is 15.6 Å². The zero-order chi connectivity index (χ0) is 23.7. The van der Waals surface area contributed by atoms with Gasteiger partial charge in [0.1, 0.15) is 5.75 Å². The smallest absolute Gasteiger partial charge is 0.267 e. The molecule has 8 nitrogen and oxygen atoms in total. The number of thioether (sulfide) groups is 1. The second kappa shape index (κ2) is 9.32. The molecule has 5 aromatic rings. The van der Waals surface area contributed by atoms with Crippen LogP contribution in [0.1, 0.15) is 11.8 Å². The summed E-state index contributed by atoms with van der Waals surface area (Å²) in [6.45, 7) is 2.32. The number of fused-ring (bicyclic) bond motifs is 3. The summed E-state index contributed by atoms with van der Waals surface area (Å²) in [5.74, 6) is 0.895. The quantitative estimate of drug-likeness (QED) is 0.347. The molecule has 0 aliphatic carbocycles. The number of benzene rings is 2. The Kier molecular flexibility index (Phi) is 6.08. The number of nitrogens with zero attached hydrogens (tertiary/aromatic N) is 4. The molecule has 2 aromatic carbocycles. The van der Waals surface area contributed by atoms with Crippen LogP contribution >= 0.6 is 23.1 Å². The third-order valence-electron chi connectivity index (χ3n) is 5.37. The van der Waals surface area contributed by atoms with Gasteiger partial charge in [-0.25, -0.2) is 4.57 Å². The molecule has 1 unspecified atom stereocenters. The molecule has 1 N–H and O–H groups in total. The number of aromatic nitrogens is 4. The summed E-state index contributed by atoms with van der Waals surface area (Å²) in [6.07, 6.45) is 0. The van der Waals surface area contributed by atoms with Gasteiger partial charge in [0.25, 0.3) is 5.56 Å². The second-order valence-corrected chi connectivity index (χ2v) is 9.87. The molecule has 1 atom stereocenters. The second-order valence-electron chi connectivity index (χ2n) is 7.53. The van der Waals surface area contributed by atoms with Crippen molar-refractivity contribution in [3.63, 3.8) is 0 Å². The molecule has 3 aromatic heterocycles. The Balaban J connectivity index is 1.57. The van der Waals surface area contributed by atoms with Crippen LogP contribution in [0.25, 0.3) is 22.4 Å². The van der Waals surface area contributed by atoms with Crippen molar-refractivity contribution in [1.82, 2.24) is 24.5 Å². The topological polar surface area (TPSA) is 90.5 Å². The van der Waals surface area contributed by atoms with E-state index in [1.165, 1.54) is 16.3 Å². The van der Waals surface area contributed by atoms with Crippen LogP contribution in [-0.4, -0.2) is 37.4 Å². The lowest BCUT2D eigenvalue weighted by molar-refractivity contribution is -0.120. The fourth-order valence-corrected chi connectivity index (χ4v) is 5.20. The summed E-state index contributed by atoms with van der Waals surface area (Å²) in [6, 6.07) is 18.5. The van der Waals surface area contributed by atoms with Crippen molar-refractivity contribution in [2.75, 3.05) is 7.11 Å². The van der Waals surface area contributed by atoms with E-state index in [-0.39, 0.29) is 11.5 Å². The van der Waals surface area contributed by atoms with Crippen molar-refractivity contribution in [1.29, 1.82) is 0 Å². The molecular formula is C24H21N5O3S2. The minimum absolute atomic E-state index is 0.0967. The van der Waals surface area contributed by atoms with Crippen LogP contribution in [0, 0.1) is 0 Å². The Morgan fingerprint density at radius 1 is 1.15 bits per heavy atom. The third-order valence-corrected chi connectivity index (χ3v) is 7.29. The highest BCUT2D eigenvalue weighted by atomic mass is 32.2. The van der Waals surface area contributed by atoms with E-state index in [1.807, 2.05) is 65.2 Å². The first-order valence-corrected chi connectivity index (χ1v) is 12.3. The van der Waals surface area contributed by atoms with Gasteiger partial charge < -0.3 is 10.1 Å². The van der Waals surface area contributed by atoms with Crippen LogP contribution in [0.3, 0.4) is 0 Å². The fourth-order valence-electron chi connectivity index (χ4n) is 3.68. The highest BCUT2D eigenvalue weighted by molar-refractivity contribution is 8.00. The third kappa shape index (κ3) is 4.06. The maximum Gasteiger partial charge on any atom is 0.267 e. The van der Waals surface area contributed by atoms with E-state index in [0.717, 1.165) is 4.88 Å². The molecular weight excluding hydrogens is 470 g/mol. The van der Waals surface area contributed by atoms with Gasteiger partial charge in [0, 0.05) is 10.9 Å². The number of amides is 1. The van der Waals surface area contributed by atoms with Crippen LogP contribution in [0.5, 0.6) is 5.75 Å². The number of hydrogen-bond acceptors (Lipinski definition) is 7. The van der Waals surface area contributed by atoms with Gasteiger partial charge in [-0.05, 0) is 42.6 Å². The minimum atomic E-state index is -0.414. The lowest BCUT2D eigenvalue weighted by atomic mass is 10.2. The van der Waals surface area contributed by atoms with Crippen LogP contribution in [-0.2, 0) is 11.3 Å². The lowest BCUT2D eigenvalue weighted by Gasteiger charge is -2.13. The molecule has 1 amide bonds. The van der Waals surface area contributed by atoms with E-state index in [2.05, 4.69) is 15.5 Å². The van der Waals surface area contributed by atoms with Crippen molar-refractivity contribution in [2.24, 2.45) is 0 Å². The molecule has 0 saturated carbocycles. The van der Waals surface area contributed by atoms with Gasteiger partial charge in [-0.15, -0.1) is 21.5 Å². The van der Waals surface area contributed by atoms with Gasteiger partial charge in [-0.1, -0.05) is 36.0 Å². The Bertz CT molecular complexity index is 1540. The zero-order valence-electron chi connectivity index (χ0n) is 18.5. The Morgan fingerprint density at radius 3 is 2.79 bits per heavy atom. The van der Waals surface area contributed by atoms with Gasteiger partial charge in [-0.2, -0.15) is 0 Å². The van der Waals surface area contributed by atoms with Gasteiger partial charge in [0.05, 0.1) is 35.5 Å². The van der Waals surface area contributed by atoms with Crippen molar-refractivity contribution < 1.29 is 9.53 Å². The first-order valence-electron chi connectivity index (χ1n) is 10.6. The summed E-state index contributed by atoms with van der Waals surface area (Å²) in [4.78, 5) is 27.3. The Labute approximate surface area is 203 Å². The maximum absolute atomic E-state index is 13.5. The van der Waals surface area contributed by atoms with Gasteiger partial charge in [0.2, 0.25) is 11.7 Å². The van der Waals surface area contributed by atoms with E-state index >= 15 is 0 Å². The van der Waals surface area contributed by atoms with Crippen LogP contribution in [0.15, 0.2) is 76.0 Å². The van der Waals surface area contributed by atoms with Crippen molar-refractivity contribution in [3.05, 3.63) is 81.3 Å². The number of nitrogens with one attached hydrogen (secondary N) is 1. The molecule has 0 radical (unpaired) electrons.